The Kier molecular flexibility index (Phi) is 3.66. The van der Waals surface area contributed by atoms with Crippen molar-refractivity contribution in [2.45, 2.75) is 26.3 Å². The van der Waals surface area contributed by atoms with E-state index in [-0.39, 0.29) is 17.5 Å². The molecule has 3 nitrogen and oxygen atoms in total. The molecular weight excluding hydrogens is 231 g/mol. The average Bonchev–Trinajstić information content (AvgIpc) is 2.73. The number of amides is 1. The normalized spacial score (nSPS) is 23.4. The van der Waals surface area contributed by atoms with Gasteiger partial charge in [-0.05, 0) is 30.9 Å². The summed E-state index contributed by atoms with van der Waals surface area (Å²) in [4.78, 5) is 14.1. The summed E-state index contributed by atoms with van der Waals surface area (Å²) in [6.45, 7) is 4.84. The molecule has 0 bridgehead atoms. The van der Waals surface area contributed by atoms with Gasteiger partial charge in [0.25, 0.3) is 5.91 Å². The van der Waals surface area contributed by atoms with Gasteiger partial charge in [-0.15, -0.1) is 0 Å². The largest absolute Gasteiger partial charge is 0.334 e. The van der Waals surface area contributed by atoms with Gasteiger partial charge >= 0.3 is 0 Å². The second-order valence-corrected chi connectivity index (χ2v) is 5.00. The number of likely N-dealkylation sites (tertiary alicyclic amines) is 1. The van der Waals surface area contributed by atoms with Crippen LogP contribution < -0.4 is 5.73 Å². The zero-order chi connectivity index (χ0) is 13.3. The van der Waals surface area contributed by atoms with Crippen molar-refractivity contribution in [2.24, 2.45) is 11.7 Å². The number of hydrogen-bond acceptors (Lipinski definition) is 2. The van der Waals surface area contributed by atoms with Gasteiger partial charge < -0.3 is 10.6 Å². The molecule has 2 rings (SSSR count). The summed E-state index contributed by atoms with van der Waals surface area (Å²) in [5.41, 5.74) is 6.36. The fourth-order valence-corrected chi connectivity index (χ4v) is 2.59. The van der Waals surface area contributed by atoms with Crippen LogP contribution in [0.2, 0.25) is 0 Å². The van der Waals surface area contributed by atoms with Gasteiger partial charge in [-0.3, -0.25) is 4.79 Å². The van der Waals surface area contributed by atoms with Crippen molar-refractivity contribution >= 4 is 5.91 Å². The van der Waals surface area contributed by atoms with Crippen molar-refractivity contribution < 1.29 is 9.18 Å². The summed E-state index contributed by atoms with van der Waals surface area (Å²) in [5.74, 6) is -0.277. The monoisotopic (exact) mass is 250 g/mol. The molecule has 1 fully saturated rings. The van der Waals surface area contributed by atoms with Crippen LogP contribution in [0.25, 0.3) is 0 Å². The average molecular weight is 250 g/mol. The molecule has 2 unspecified atom stereocenters. The van der Waals surface area contributed by atoms with Crippen LogP contribution in [-0.4, -0.2) is 29.9 Å². The van der Waals surface area contributed by atoms with E-state index < -0.39 is 5.82 Å². The van der Waals surface area contributed by atoms with Crippen molar-refractivity contribution in [1.29, 1.82) is 0 Å². The lowest BCUT2D eigenvalue weighted by Crippen LogP contribution is -2.42. The van der Waals surface area contributed by atoms with Gasteiger partial charge in [0.2, 0.25) is 0 Å². The quantitative estimate of drug-likeness (QED) is 0.872. The molecule has 1 amide bonds. The van der Waals surface area contributed by atoms with Crippen LogP contribution in [0.4, 0.5) is 4.39 Å². The molecule has 18 heavy (non-hydrogen) atoms. The third kappa shape index (κ3) is 2.12. The smallest absolute Gasteiger partial charge is 0.257 e. The van der Waals surface area contributed by atoms with Crippen LogP contribution in [0.5, 0.6) is 0 Å². The lowest BCUT2D eigenvalue weighted by atomic mass is 10.0. The molecule has 0 aromatic heterocycles. The summed E-state index contributed by atoms with van der Waals surface area (Å²) in [6, 6.07) is 4.94. The van der Waals surface area contributed by atoms with Crippen LogP contribution in [0, 0.1) is 18.7 Å². The number of benzene rings is 1. The molecular formula is C14H19FN2O. The zero-order valence-electron chi connectivity index (χ0n) is 10.8. The molecule has 0 aliphatic carbocycles. The van der Waals surface area contributed by atoms with Crippen LogP contribution in [0.3, 0.4) is 0 Å². The van der Waals surface area contributed by atoms with Gasteiger partial charge in [-0.2, -0.15) is 0 Å². The second kappa shape index (κ2) is 5.06. The van der Waals surface area contributed by atoms with E-state index in [1.54, 1.807) is 30.0 Å². The number of carbonyl (C=O) groups is 1. The molecule has 0 spiro atoms. The predicted octanol–water partition coefficient (Wildman–Crippen LogP) is 1.94. The molecule has 0 saturated carbocycles. The van der Waals surface area contributed by atoms with E-state index in [1.165, 1.54) is 0 Å². The maximum absolute atomic E-state index is 14.0. The number of hydrogen-bond donors (Lipinski definition) is 1. The molecule has 1 saturated heterocycles. The van der Waals surface area contributed by atoms with Crippen LogP contribution >= 0.6 is 0 Å². The Morgan fingerprint density at radius 3 is 2.94 bits per heavy atom. The Balaban J connectivity index is 2.29. The highest BCUT2D eigenvalue weighted by Crippen LogP contribution is 2.26. The molecule has 0 radical (unpaired) electrons. The molecule has 1 heterocycles. The molecule has 4 heteroatoms. The summed E-state index contributed by atoms with van der Waals surface area (Å²) in [6.07, 6.45) is 0.932. The van der Waals surface area contributed by atoms with Gasteiger partial charge in [0.05, 0.1) is 5.56 Å². The van der Waals surface area contributed by atoms with Gasteiger partial charge in [-0.1, -0.05) is 19.1 Å². The first-order chi connectivity index (χ1) is 8.56. The first-order valence-electron chi connectivity index (χ1n) is 6.32. The minimum absolute atomic E-state index is 0.0254. The minimum atomic E-state index is -0.419. The highest BCUT2D eigenvalue weighted by atomic mass is 19.1. The summed E-state index contributed by atoms with van der Waals surface area (Å²) in [5, 5.41) is 0. The van der Waals surface area contributed by atoms with Gasteiger partial charge in [0.15, 0.2) is 0 Å². The van der Waals surface area contributed by atoms with E-state index in [0.717, 1.165) is 6.42 Å². The number of halogens is 1. The predicted molar refractivity (Wildman–Crippen MR) is 68.8 cm³/mol. The van der Waals surface area contributed by atoms with Crippen molar-refractivity contribution in [2.75, 3.05) is 13.1 Å². The summed E-state index contributed by atoms with van der Waals surface area (Å²) < 4.78 is 14.0. The maximum Gasteiger partial charge on any atom is 0.257 e. The van der Waals surface area contributed by atoms with Gasteiger partial charge in [0, 0.05) is 19.1 Å². The fraction of sp³-hybridized carbons (Fsp3) is 0.500. The standard InChI is InChI=1S/C14H19FN2O/c1-9-6-7-17(12(9)8-16)14(18)11-5-3-4-10(2)13(11)15/h3-5,9,12H,6-8,16H2,1-2H3. The first kappa shape index (κ1) is 13.0. The summed E-state index contributed by atoms with van der Waals surface area (Å²) in [7, 11) is 0. The fourth-order valence-electron chi connectivity index (χ4n) is 2.59. The molecule has 2 N–H and O–H groups in total. The Morgan fingerprint density at radius 2 is 2.28 bits per heavy atom. The molecule has 1 aromatic carbocycles. The van der Waals surface area contributed by atoms with E-state index >= 15 is 0 Å². The van der Waals surface area contributed by atoms with E-state index in [1.807, 2.05) is 0 Å². The number of nitrogens with two attached hydrogens (primary N) is 1. The van der Waals surface area contributed by atoms with Crippen molar-refractivity contribution in [3.8, 4) is 0 Å². The number of aryl methyl sites for hydroxylation is 1. The van der Waals surface area contributed by atoms with E-state index in [0.29, 0.717) is 24.6 Å². The molecule has 1 aliphatic rings. The van der Waals surface area contributed by atoms with E-state index in [2.05, 4.69) is 6.92 Å². The highest BCUT2D eigenvalue weighted by Gasteiger charge is 2.34. The molecule has 1 aromatic rings. The van der Waals surface area contributed by atoms with Crippen molar-refractivity contribution in [3.05, 3.63) is 35.1 Å². The number of rotatable bonds is 2. The Morgan fingerprint density at radius 1 is 1.56 bits per heavy atom. The van der Waals surface area contributed by atoms with Crippen molar-refractivity contribution in [3.63, 3.8) is 0 Å². The van der Waals surface area contributed by atoms with E-state index in [4.69, 9.17) is 5.73 Å². The van der Waals surface area contributed by atoms with E-state index in [9.17, 15) is 9.18 Å². The second-order valence-electron chi connectivity index (χ2n) is 5.00. The maximum atomic E-state index is 14.0. The van der Waals surface area contributed by atoms with Crippen molar-refractivity contribution in [1.82, 2.24) is 4.90 Å². The lowest BCUT2D eigenvalue weighted by Gasteiger charge is -2.26. The summed E-state index contributed by atoms with van der Waals surface area (Å²) >= 11 is 0. The van der Waals surface area contributed by atoms with Gasteiger partial charge in [0.1, 0.15) is 5.82 Å². The lowest BCUT2D eigenvalue weighted by molar-refractivity contribution is 0.0722. The van der Waals surface area contributed by atoms with Crippen LogP contribution in [0.1, 0.15) is 29.3 Å². The number of nitrogens with zero attached hydrogens (tertiary/aromatic N) is 1. The Labute approximate surface area is 107 Å². The SMILES string of the molecule is Cc1cccc(C(=O)N2CCC(C)C2CN)c1F. The molecule has 98 valence electrons. The molecule has 2 atom stereocenters. The Hall–Kier alpha value is -1.42. The highest BCUT2D eigenvalue weighted by molar-refractivity contribution is 5.95. The number of carbonyl (C=O) groups excluding carboxylic acids is 1. The Bertz CT molecular complexity index is 461. The third-order valence-electron chi connectivity index (χ3n) is 3.81. The third-order valence-corrected chi connectivity index (χ3v) is 3.81. The minimum Gasteiger partial charge on any atom is -0.334 e. The first-order valence-corrected chi connectivity index (χ1v) is 6.32. The topological polar surface area (TPSA) is 46.3 Å². The van der Waals surface area contributed by atoms with Crippen LogP contribution in [0.15, 0.2) is 18.2 Å². The molecule has 1 aliphatic heterocycles. The van der Waals surface area contributed by atoms with Crippen LogP contribution in [-0.2, 0) is 0 Å². The zero-order valence-corrected chi connectivity index (χ0v) is 10.8. The van der Waals surface area contributed by atoms with Gasteiger partial charge in [-0.25, -0.2) is 4.39 Å².